The molecule has 494 valence electrons. The summed E-state index contributed by atoms with van der Waals surface area (Å²) in [5, 5.41) is 45.0. The number of nitrogens with two attached hydrogens (primary N) is 1. The predicted octanol–water partition coefficient (Wildman–Crippen LogP) is 13.2. The number of benzene rings is 8. The number of aromatic carboxylic acids is 1. The van der Waals surface area contributed by atoms with Crippen LogP contribution in [-0.2, 0) is 25.8 Å². The molecular formula is C72H53N15O9S4. The summed E-state index contributed by atoms with van der Waals surface area (Å²) in [5.41, 5.74) is 31.4. The molecule has 0 saturated heterocycles. The number of aryl methyl sites for hydroxylation is 2. The first-order valence-electron chi connectivity index (χ1n) is 30.4. The van der Waals surface area contributed by atoms with Gasteiger partial charge in [-0.15, -0.1) is 45.3 Å². The molecule has 5 amide bonds. The van der Waals surface area contributed by atoms with Crippen LogP contribution in [0.5, 0.6) is 0 Å². The minimum absolute atomic E-state index is 0.0170. The van der Waals surface area contributed by atoms with Crippen molar-refractivity contribution < 1.29 is 39.0 Å². The molecule has 8 aromatic carbocycles. The Labute approximate surface area is 582 Å². The van der Waals surface area contributed by atoms with E-state index in [0.717, 1.165) is 114 Å². The number of anilines is 8. The quantitative estimate of drug-likeness (QED) is 0.0506. The number of aromatic nitrogens is 6. The molecule has 0 spiro atoms. The van der Waals surface area contributed by atoms with E-state index >= 15 is 0 Å². The van der Waals surface area contributed by atoms with Crippen molar-refractivity contribution in [1.29, 1.82) is 0 Å². The Bertz CT molecular complexity index is 5740. The number of fused-ring (bicyclic) bond motifs is 12. The smallest absolute Gasteiger partial charge is 0.335 e. The molecule has 9 heterocycles. The van der Waals surface area contributed by atoms with Crippen LogP contribution in [0.25, 0.3) is 68.8 Å². The minimum atomic E-state index is -0.959. The molecule has 4 aliphatic heterocycles. The van der Waals surface area contributed by atoms with E-state index in [4.69, 9.17) is 10.8 Å². The molecule has 5 aromatic heterocycles. The second kappa shape index (κ2) is 27.4. The number of carboxylic acid groups (broad SMARTS) is 1. The van der Waals surface area contributed by atoms with Crippen molar-refractivity contribution in [1.82, 2.24) is 29.7 Å². The third-order valence-corrected chi connectivity index (χ3v) is 19.8. The number of hydrogen-bond acceptors (Lipinski definition) is 20. The lowest BCUT2D eigenvalue weighted by Gasteiger charge is -2.07. The summed E-state index contributed by atoms with van der Waals surface area (Å²) in [6, 6.07) is 43.4. The molecule has 24 nitrogen and oxygen atoms in total. The van der Waals surface area contributed by atoms with Crippen molar-refractivity contribution in [3.05, 3.63) is 253 Å². The van der Waals surface area contributed by atoms with Gasteiger partial charge in [-0.25, -0.2) is 24.7 Å². The lowest BCUT2D eigenvalue weighted by molar-refractivity contribution is -0.111. The maximum absolute atomic E-state index is 12.4. The van der Waals surface area contributed by atoms with Gasteiger partial charge in [-0.05, 0) is 146 Å². The normalized spacial score (nSPS) is 14.7. The van der Waals surface area contributed by atoms with Gasteiger partial charge in [0.25, 0.3) is 29.2 Å². The summed E-state index contributed by atoms with van der Waals surface area (Å²) >= 11 is 6.02. The van der Waals surface area contributed by atoms with Crippen LogP contribution in [0.3, 0.4) is 0 Å². The molecule has 0 bridgehead atoms. The molecule has 17 rings (SSSR count). The number of carbonyl (C=O) groups excluding carboxylic acids is 5. The van der Waals surface area contributed by atoms with Crippen LogP contribution < -0.4 is 53.8 Å². The van der Waals surface area contributed by atoms with Gasteiger partial charge < -0.3 is 58.5 Å². The van der Waals surface area contributed by atoms with Crippen molar-refractivity contribution in [3.63, 3.8) is 0 Å². The fourth-order valence-electron chi connectivity index (χ4n) is 11.6. The van der Waals surface area contributed by atoms with Gasteiger partial charge in [0.2, 0.25) is 5.91 Å². The fourth-order valence-corrected chi connectivity index (χ4v) is 15.0. The Balaban J connectivity index is 0.000000114. The first kappa shape index (κ1) is 64.6. The number of aliphatic hydroxyl groups excluding tert-OH is 1. The number of carboxylic acids is 1. The standard InChI is InChI=1S/C20H15N5O2S.C18H13N3O3S.C17H12N4O2S.C17H13N3O2S/c1-11-8-17(26)24-25(11)13-4-2-12(3-5-13)21-9-14-18-15(23-20(14)27)6-7-16-19(18)28-10-22-16;1-9-6-10(2-3-11(9)18(23)24)19-7-12-15-13(21-17(12)22)4-5-14-16(15)25-8-20-14;18-16(22)9-2-1-3-10(6-9)19-7-11-14-12(21-17(11)23)4-5-13-15(14)24-8-20-13;21-8-10-2-1-3-11(6-10)18-7-12-15-13(20-17(12)22)4-5-14-16(15)23-9-19-14/h2-10,21H,1H3,(H,23,27)(H,24,26);2-8,19H,1H3,(H,21,22)(H,23,24);1-8,19H,(H2,18,22)(H,21,23);1-7,9,18,21H,8H2,(H,20,22). The number of hydrogen-bond donors (Lipinski definition) is 12. The summed E-state index contributed by atoms with van der Waals surface area (Å²) in [7, 11) is 0. The highest BCUT2D eigenvalue weighted by Gasteiger charge is 2.31. The van der Waals surface area contributed by atoms with Gasteiger partial charge in [0.05, 0.1) is 126 Å². The molecule has 0 unspecified atom stereocenters. The first-order chi connectivity index (χ1) is 48.5. The van der Waals surface area contributed by atoms with Crippen molar-refractivity contribution >= 4 is 190 Å². The van der Waals surface area contributed by atoms with Gasteiger partial charge in [-0.2, -0.15) is 0 Å². The van der Waals surface area contributed by atoms with Crippen LogP contribution in [0.2, 0.25) is 0 Å². The van der Waals surface area contributed by atoms with Gasteiger partial charge in [-0.1, -0.05) is 18.2 Å². The molecule has 0 fully saturated rings. The van der Waals surface area contributed by atoms with E-state index in [0.29, 0.717) is 44.8 Å². The Morgan fingerprint density at radius 3 is 1.25 bits per heavy atom. The molecule has 28 heteroatoms. The number of nitrogens with one attached hydrogen (secondary N) is 9. The third-order valence-electron chi connectivity index (χ3n) is 16.3. The summed E-state index contributed by atoms with van der Waals surface area (Å²) in [6.45, 7) is 3.59. The fraction of sp³-hybridized carbons (Fsp3) is 0.0417. The summed E-state index contributed by atoms with van der Waals surface area (Å²) in [4.78, 5) is 100. The second-order valence-corrected chi connectivity index (χ2v) is 26.1. The number of aliphatic hydroxyl groups is 1. The lowest BCUT2D eigenvalue weighted by Crippen LogP contribution is -2.11. The van der Waals surface area contributed by atoms with Crippen molar-refractivity contribution in [3.8, 4) is 5.69 Å². The number of H-pyrrole nitrogens is 1. The third kappa shape index (κ3) is 12.9. The molecule has 0 radical (unpaired) electrons. The van der Waals surface area contributed by atoms with Crippen LogP contribution in [0.4, 0.5) is 45.5 Å². The zero-order chi connectivity index (χ0) is 69.3. The molecule has 0 saturated carbocycles. The number of carbonyl (C=O) groups is 6. The topological polar surface area (TPSA) is 354 Å². The predicted molar refractivity (Wildman–Crippen MR) is 396 cm³/mol. The van der Waals surface area contributed by atoms with Crippen LogP contribution in [0.1, 0.15) is 59.8 Å². The van der Waals surface area contributed by atoms with Gasteiger partial charge in [0.15, 0.2) is 0 Å². The maximum Gasteiger partial charge on any atom is 0.335 e. The van der Waals surface area contributed by atoms with Crippen molar-refractivity contribution in [2.24, 2.45) is 5.73 Å². The number of nitrogens with zero attached hydrogens (tertiary/aromatic N) is 5. The summed E-state index contributed by atoms with van der Waals surface area (Å²) in [6.07, 6.45) is 6.71. The summed E-state index contributed by atoms with van der Waals surface area (Å²) < 4.78 is 5.64. The zero-order valence-corrected chi connectivity index (χ0v) is 55.6. The van der Waals surface area contributed by atoms with E-state index in [-0.39, 0.29) is 41.4 Å². The number of aromatic amines is 1. The number of amides is 5. The van der Waals surface area contributed by atoms with Gasteiger partial charge >= 0.3 is 5.97 Å². The molecule has 0 atom stereocenters. The zero-order valence-electron chi connectivity index (χ0n) is 52.4. The van der Waals surface area contributed by atoms with E-state index in [1.807, 2.05) is 104 Å². The highest BCUT2D eigenvalue weighted by atomic mass is 32.1. The van der Waals surface area contributed by atoms with E-state index in [1.54, 1.807) is 107 Å². The molecule has 100 heavy (non-hydrogen) atoms. The van der Waals surface area contributed by atoms with Gasteiger partial charge in [0.1, 0.15) is 0 Å². The number of rotatable bonds is 12. The van der Waals surface area contributed by atoms with Gasteiger partial charge in [0, 0.05) is 87.1 Å². The van der Waals surface area contributed by atoms with Gasteiger partial charge in [-0.3, -0.25) is 38.5 Å². The largest absolute Gasteiger partial charge is 0.478 e. The molecule has 0 aliphatic carbocycles. The molecular weight excluding hydrogens is 1350 g/mol. The van der Waals surface area contributed by atoms with E-state index in [2.05, 4.69) is 67.6 Å². The second-order valence-electron chi connectivity index (χ2n) is 22.7. The monoisotopic (exact) mass is 1400 g/mol. The number of primary amides is 1. The highest BCUT2D eigenvalue weighted by Crippen LogP contribution is 2.43. The lowest BCUT2D eigenvalue weighted by atomic mass is 10.1. The number of thiazole rings is 4. The van der Waals surface area contributed by atoms with Crippen molar-refractivity contribution in [2.45, 2.75) is 20.5 Å². The SMILES string of the molecule is Cc1cc(=O)[nH]n1-c1ccc(NC=C2C(=O)Nc3ccc4ncsc4c32)cc1.Cc1cc(NC=C2C(=O)Nc3ccc4ncsc4c32)ccc1C(=O)O.NC(=O)c1cccc(NC=C2C(=O)Nc3ccc4ncsc4c32)c1.O=C1Nc2ccc3ncsc3c2C1=CNc1cccc(CO)c1. The van der Waals surface area contributed by atoms with Crippen LogP contribution in [0, 0.1) is 13.8 Å². The van der Waals surface area contributed by atoms with Crippen molar-refractivity contribution in [2.75, 3.05) is 42.5 Å². The molecule has 13 aromatic rings. The van der Waals surface area contributed by atoms with Crippen LogP contribution in [-0.4, -0.2) is 75.4 Å². The Kier molecular flexibility index (Phi) is 17.7. The Hall–Kier alpha value is -12.7. The van der Waals surface area contributed by atoms with E-state index in [9.17, 15) is 38.7 Å². The molecule has 4 aliphatic rings. The average molecular weight is 1400 g/mol. The van der Waals surface area contributed by atoms with Crippen LogP contribution in [0.15, 0.2) is 197 Å². The summed E-state index contributed by atoms with van der Waals surface area (Å²) in [5.74, 6) is -2.08. The van der Waals surface area contributed by atoms with E-state index < -0.39 is 11.9 Å². The highest BCUT2D eigenvalue weighted by molar-refractivity contribution is 7.18. The molecule has 13 N–H and O–H groups in total. The minimum Gasteiger partial charge on any atom is -0.478 e. The Morgan fingerprint density at radius 2 is 0.870 bits per heavy atom. The first-order valence-corrected chi connectivity index (χ1v) is 34.0. The van der Waals surface area contributed by atoms with Crippen LogP contribution >= 0.6 is 45.3 Å². The van der Waals surface area contributed by atoms with E-state index in [1.165, 1.54) is 45.3 Å². The average Bonchev–Trinajstić information content (AvgIpc) is 1.64. The Morgan fingerprint density at radius 1 is 0.480 bits per heavy atom. The maximum atomic E-state index is 12.4.